The lowest BCUT2D eigenvalue weighted by Gasteiger charge is -2.08. The summed E-state index contributed by atoms with van der Waals surface area (Å²) in [5.41, 5.74) is 0.150. The standard InChI is InChI=1S/C8H12O4/c1-3-6(8(11)12)5(2)4-7(9)10/h3,5H,4H2,1-2H3,(H,9,10)(H,11,12)/b6-3-. The van der Waals surface area contributed by atoms with E-state index in [-0.39, 0.29) is 12.0 Å². The van der Waals surface area contributed by atoms with Crippen LogP contribution in [-0.4, -0.2) is 22.2 Å². The fourth-order valence-corrected chi connectivity index (χ4v) is 0.991. The van der Waals surface area contributed by atoms with Crippen molar-refractivity contribution in [1.29, 1.82) is 0 Å². The Kier molecular flexibility index (Phi) is 4.04. The number of allylic oxidation sites excluding steroid dienone is 1. The molecule has 2 N–H and O–H groups in total. The molecule has 0 heterocycles. The maximum Gasteiger partial charge on any atom is 0.331 e. The van der Waals surface area contributed by atoms with Crippen LogP contribution in [-0.2, 0) is 9.59 Å². The zero-order valence-corrected chi connectivity index (χ0v) is 7.07. The molecule has 4 nitrogen and oxygen atoms in total. The highest BCUT2D eigenvalue weighted by atomic mass is 16.4. The Morgan fingerprint density at radius 1 is 1.42 bits per heavy atom. The summed E-state index contributed by atoms with van der Waals surface area (Å²) in [5.74, 6) is -2.47. The van der Waals surface area contributed by atoms with Crippen molar-refractivity contribution in [3.8, 4) is 0 Å². The lowest BCUT2D eigenvalue weighted by atomic mass is 9.98. The minimum absolute atomic E-state index is 0.147. The average Bonchev–Trinajstić information content (AvgIpc) is 1.85. The maximum absolute atomic E-state index is 10.5. The normalized spacial score (nSPS) is 14.0. The summed E-state index contributed by atoms with van der Waals surface area (Å²) in [4.78, 5) is 20.7. The van der Waals surface area contributed by atoms with E-state index in [0.29, 0.717) is 0 Å². The van der Waals surface area contributed by atoms with E-state index in [4.69, 9.17) is 10.2 Å². The van der Waals surface area contributed by atoms with Crippen LogP contribution < -0.4 is 0 Å². The van der Waals surface area contributed by atoms with Gasteiger partial charge in [0.05, 0.1) is 6.42 Å². The Labute approximate surface area is 70.5 Å². The van der Waals surface area contributed by atoms with Crippen molar-refractivity contribution in [1.82, 2.24) is 0 Å². The summed E-state index contributed by atoms with van der Waals surface area (Å²) in [6.45, 7) is 3.17. The van der Waals surface area contributed by atoms with Crippen molar-refractivity contribution in [3.05, 3.63) is 11.6 Å². The molecule has 0 saturated heterocycles. The number of hydrogen-bond donors (Lipinski definition) is 2. The van der Waals surface area contributed by atoms with Crippen molar-refractivity contribution in [3.63, 3.8) is 0 Å². The lowest BCUT2D eigenvalue weighted by molar-refractivity contribution is -0.138. The Balaban J connectivity index is 4.34. The monoisotopic (exact) mass is 172 g/mol. The highest BCUT2D eigenvalue weighted by Crippen LogP contribution is 2.14. The van der Waals surface area contributed by atoms with Crippen LogP contribution in [0.25, 0.3) is 0 Å². The minimum Gasteiger partial charge on any atom is -0.481 e. The number of aliphatic carboxylic acids is 2. The second-order valence-corrected chi connectivity index (χ2v) is 2.55. The van der Waals surface area contributed by atoms with Crippen LogP contribution >= 0.6 is 0 Å². The molecule has 0 aliphatic rings. The first-order valence-corrected chi connectivity index (χ1v) is 3.60. The van der Waals surface area contributed by atoms with Crippen molar-refractivity contribution < 1.29 is 19.8 Å². The first-order chi connectivity index (χ1) is 5.49. The van der Waals surface area contributed by atoms with Crippen LogP contribution in [0.5, 0.6) is 0 Å². The second kappa shape index (κ2) is 4.54. The number of rotatable bonds is 4. The van der Waals surface area contributed by atoms with E-state index in [0.717, 1.165) is 0 Å². The topological polar surface area (TPSA) is 74.6 Å². The van der Waals surface area contributed by atoms with E-state index in [1.165, 1.54) is 6.08 Å². The van der Waals surface area contributed by atoms with Gasteiger partial charge in [0, 0.05) is 5.57 Å². The molecule has 4 heteroatoms. The number of carboxylic acids is 2. The molecule has 0 spiro atoms. The van der Waals surface area contributed by atoms with Gasteiger partial charge in [0.1, 0.15) is 0 Å². The van der Waals surface area contributed by atoms with E-state index in [1.807, 2.05) is 0 Å². The van der Waals surface area contributed by atoms with E-state index in [9.17, 15) is 9.59 Å². The fourth-order valence-electron chi connectivity index (χ4n) is 0.991. The third-order valence-corrected chi connectivity index (χ3v) is 1.57. The van der Waals surface area contributed by atoms with Crippen LogP contribution in [0.4, 0.5) is 0 Å². The maximum atomic E-state index is 10.5. The van der Waals surface area contributed by atoms with Crippen LogP contribution in [0, 0.1) is 5.92 Å². The molecule has 0 aromatic heterocycles. The van der Waals surface area contributed by atoms with Gasteiger partial charge in [0.2, 0.25) is 0 Å². The smallest absolute Gasteiger partial charge is 0.331 e. The Morgan fingerprint density at radius 2 is 1.92 bits per heavy atom. The van der Waals surface area contributed by atoms with E-state index in [2.05, 4.69) is 0 Å². The molecule has 0 radical (unpaired) electrons. The third-order valence-electron chi connectivity index (χ3n) is 1.57. The summed E-state index contributed by atoms with van der Waals surface area (Å²) in [5, 5.41) is 17.0. The highest BCUT2D eigenvalue weighted by Gasteiger charge is 2.17. The zero-order valence-electron chi connectivity index (χ0n) is 7.07. The van der Waals surface area contributed by atoms with Gasteiger partial charge in [-0.05, 0) is 12.8 Å². The molecular weight excluding hydrogens is 160 g/mol. The number of carboxylic acid groups (broad SMARTS) is 2. The summed E-state index contributed by atoms with van der Waals surface area (Å²) in [6.07, 6.45) is 1.28. The molecule has 12 heavy (non-hydrogen) atoms. The summed E-state index contributed by atoms with van der Waals surface area (Å²) < 4.78 is 0. The Morgan fingerprint density at radius 3 is 2.17 bits per heavy atom. The van der Waals surface area contributed by atoms with E-state index >= 15 is 0 Å². The molecule has 0 bridgehead atoms. The van der Waals surface area contributed by atoms with Gasteiger partial charge in [-0.15, -0.1) is 0 Å². The predicted molar refractivity (Wildman–Crippen MR) is 42.8 cm³/mol. The molecular formula is C8H12O4. The van der Waals surface area contributed by atoms with Gasteiger partial charge in [-0.25, -0.2) is 4.79 Å². The molecule has 1 atom stereocenters. The summed E-state index contributed by atoms with van der Waals surface area (Å²) in [7, 11) is 0. The van der Waals surface area contributed by atoms with Crippen molar-refractivity contribution in [2.75, 3.05) is 0 Å². The number of carbonyl (C=O) groups is 2. The van der Waals surface area contributed by atoms with Gasteiger partial charge in [0.25, 0.3) is 0 Å². The minimum atomic E-state index is -1.05. The van der Waals surface area contributed by atoms with Crippen LogP contribution in [0.1, 0.15) is 20.3 Å². The van der Waals surface area contributed by atoms with Gasteiger partial charge < -0.3 is 10.2 Å². The summed E-state index contributed by atoms with van der Waals surface area (Å²) >= 11 is 0. The molecule has 0 fully saturated rings. The SMILES string of the molecule is C/C=C(\C(=O)O)C(C)CC(=O)O. The second-order valence-electron chi connectivity index (χ2n) is 2.55. The van der Waals surface area contributed by atoms with Gasteiger partial charge in [-0.1, -0.05) is 13.0 Å². The first-order valence-electron chi connectivity index (χ1n) is 3.60. The highest BCUT2D eigenvalue weighted by molar-refractivity contribution is 5.87. The zero-order chi connectivity index (χ0) is 9.72. The average molecular weight is 172 g/mol. The van der Waals surface area contributed by atoms with Crippen molar-refractivity contribution >= 4 is 11.9 Å². The van der Waals surface area contributed by atoms with Crippen molar-refractivity contribution in [2.45, 2.75) is 20.3 Å². The molecule has 0 saturated carbocycles. The van der Waals surface area contributed by atoms with Gasteiger partial charge >= 0.3 is 11.9 Å². The Bertz CT molecular complexity index is 217. The van der Waals surface area contributed by atoms with E-state index < -0.39 is 17.9 Å². The molecule has 0 amide bonds. The molecule has 1 unspecified atom stereocenters. The Hall–Kier alpha value is -1.32. The van der Waals surface area contributed by atoms with Crippen LogP contribution in [0.2, 0.25) is 0 Å². The molecule has 68 valence electrons. The van der Waals surface area contributed by atoms with Crippen LogP contribution in [0.15, 0.2) is 11.6 Å². The predicted octanol–water partition coefficient (Wildman–Crippen LogP) is 1.13. The van der Waals surface area contributed by atoms with Crippen molar-refractivity contribution in [2.24, 2.45) is 5.92 Å². The molecule has 0 aliphatic carbocycles. The molecule has 0 aliphatic heterocycles. The van der Waals surface area contributed by atoms with E-state index in [1.54, 1.807) is 13.8 Å². The molecule has 0 rings (SSSR count). The van der Waals surface area contributed by atoms with Gasteiger partial charge in [-0.2, -0.15) is 0 Å². The largest absolute Gasteiger partial charge is 0.481 e. The molecule has 0 aromatic carbocycles. The third kappa shape index (κ3) is 3.18. The lowest BCUT2D eigenvalue weighted by Crippen LogP contribution is -2.13. The van der Waals surface area contributed by atoms with Gasteiger partial charge in [-0.3, -0.25) is 4.79 Å². The fraction of sp³-hybridized carbons (Fsp3) is 0.500. The molecule has 0 aromatic rings. The summed E-state index contributed by atoms with van der Waals surface area (Å²) in [6, 6.07) is 0. The van der Waals surface area contributed by atoms with Crippen LogP contribution in [0.3, 0.4) is 0 Å². The van der Waals surface area contributed by atoms with Gasteiger partial charge in [0.15, 0.2) is 0 Å². The first kappa shape index (κ1) is 10.7. The quantitative estimate of drug-likeness (QED) is 0.623. The number of hydrogen-bond acceptors (Lipinski definition) is 2.